The van der Waals surface area contributed by atoms with Crippen molar-refractivity contribution in [3.63, 3.8) is 0 Å². The number of para-hydroxylation sites is 1. The molecule has 1 aromatic carbocycles. The monoisotopic (exact) mass is 534 g/mol. The Bertz CT molecular complexity index is 1370. The minimum Gasteiger partial charge on any atom is -0.476 e. The molecule has 9 heteroatoms. The molecular weight excluding hydrogens is 496 g/mol. The van der Waals surface area contributed by atoms with E-state index >= 15 is 0 Å². The van der Waals surface area contributed by atoms with Gasteiger partial charge in [-0.05, 0) is 67.9 Å². The van der Waals surface area contributed by atoms with Crippen LogP contribution >= 0.6 is 0 Å². The van der Waals surface area contributed by atoms with Crippen LogP contribution in [-0.2, 0) is 16.0 Å². The number of carboxylic acid groups (broad SMARTS) is 1. The average Bonchev–Trinajstić information content (AvgIpc) is 3.67. The van der Waals surface area contributed by atoms with Crippen LogP contribution in [0.1, 0.15) is 86.1 Å². The predicted octanol–water partition coefficient (Wildman–Crippen LogP) is 5.00. The van der Waals surface area contributed by atoms with E-state index in [9.17, 15) is 19.5 Å². The molecule has 3 unspecified atom stereocenters. The lowest BCUT2D eigenvalue weighted by Gasteiger charge is -2.32. The van der Waals surface area contributed by atoms with E-state index < -0.39 is 24.0 Å². The average molecular weight is 535 g/mol. The Kier molecular flexibility index (Phi) is 7.62. The van der Waals surface area contributed by atoms with Gasteiger partial charge in [0.1, 0.15) is 11.8 Å². The lowest BCUT2D eigenvalue weighted by atomic mass is 9.85. The summed E-state index contributed by atoms with van der Waals surface area (Å²) in [6.07, 6.45) is 7.24. The second-order valence-electron chi connectivity index (χ2n) is 11.8. The minimum absolute atomic E-state index is 0.0292. The number of carbonyl (C=O) groups excluding carboxylic acids is 2. The number of carbonyl (C=O) groups is 3. The third kappa shape index (κ3) is 5.50. The normalized spacial score (nSPS) is 21.9. The summed E-state index contributed by atoms with van der Waals surface area (Å²) in [5, 5.41) is 10.6. The third-order valence-electron chi connectivity index (χ3n) is 8.57. The van der Waals surface area contributed by atoms with E-state index in [1.165, 1.54) is 18.2 Å². The largest absolute Gasteiger partial charge is 0.476 e. The highest BCUT2D eigenvalue weighted by Gasteiger charge is 2.44. The van der Waals surface area contributed by atoms with Crippen LogP contribution in [0.4, 0.5) is 0 Å². The van der Waals surface area contributed by atoms with Crippen LogP contribution in [0.3, 0.4) is 0 Å². The topological polar surface area (TPSA) is 143 Å². The number of rotatable bonds is 10. The number of hydrogen-bond acceptors (Lipinski definition) is 6. The number of amides is 2. The Hall–Kier alpha value is -3.46. The molecule has 0 saturated heterocycles. The van der Waals surface area contributed by atoms with Gasteiger partial charge in [-0.2, -0.15) is 0 Å². The number of nitrogens with two attached hydrogens (primary N) is 1. The first kappa shape index (κ1) is 27.1. The summed E-state index contributed by atoms with van der Waals surface area (Å²) in [4.78, 5) is 48.7. The first-order valence-electron chi connectivity index (χ1n) is 14.0. The molecule has 2 amide bonds. The maximum Gasteiger partial charge on any atom is 0.358 e. The van der Waals surface area contributed by atoms with Crippen molar-refractivity contribution in [3.8, 4) is 0 Å². The molecule has 9 nitrogen and oxygen atoms in total. The van der Waals surface area contributed by atoms with Gasteiger partial charge >= 0.3 is 5.97 Å². The van der Waals surface area contributed by atoms with Gasteiger partial charge in [0.25, 0.3) is 0 Å². The van der Waals surface area contributed by atoms with E-state index in [1.54, 1.807) is 0 Å². The number of aromatic carboxylic acids is 1. The van der Waals surface area contributed by atoms with Crippen LogP contribution in [0, 0.1) is 30.6 Å². The first-order chi connectivity index (χ1) is 18.6. The van der Waals surface area contributed by atoms with Crippen LogP contribution in [-0.4, -0.2) is 43.8 Å². The quantitative estimate of drug-likeness (QED) is 0.332. The molecule has 2 bridgehead atoms. The number of imide groups is 1. The van der Waals surface area contributed by atoms with E-state index in [-0.39, 0.29) is 47.9 Å². The molecular formula is C30H38N4O5. The smallest absolute Gasteiger partial charge is 0.358 e. The van der Waals surface area contributed by atoms with E-state index in [4.69, 9.17) is 10.2 Å². The number of benzene rings is 1. The summed E-state index contributed by atoms with van der Waals surface area (Å²) in [5.74, 6) is -0.282. The Balaban J connectivity index is 1.56. The summed E-state index contributed by atoms with van der Waals surface area (Å²) in [6, 6.07) is 5.95. The molecule has 2 heterocycles. The van der Waals surface area contributed by atoms with Gasteiger partial charge in [-0.25, -0.2) is 9.78 Å². The Morgan fingerprint density at radius 3 is 2.62 bits per heavy atom. The number of carboxylic acids is 1. The van der Waals surface area contributed by atoms with Crippen molar-refractivity contribution >= 4 is 28.7 Å². The summed E-state index contributed by atoms with van der Waals surface area (Å²) < 4.78 is 5.87. The van der Waals surface area contributed by atoms with Crippen molar-refractivity contribution in [1.82, 2.24) is 14.9 Å². The molecule has 2 fully saturated rings. The number of fused-ring (bicyclic) bond motifs is 3. The highest BCUT2D eigenvalue weighted by atomic mass is 16.4. The number of nitrogens with one attached hydrogen (secondary N) is 1. The van der Waals surface area contributed by atoms with Crippen LogP contribution in [0.25, 0.3) is 10.9 Å². The van der Waals surface area contributed by atoms with Gasteiger partial charge in [0.15, 0.2) is 5.69 Å². The molecule has 0 radical (unpaired) electrons. The molecule has 0 spiro atoms. The van der Waals surface area contributed by atoms with E-state index in [1.807, 2.05) is 44.3 Å². The molecule has 2 aliphatic rings. The lowest BCUT2D eigenvalue weighted by molar-refractivity contribution is -0.150. The maximum atomic E-state index is 14.1. The van der Waals surface area contributed by atoms with E-state index in [2.05, 4.69) is 9.97 Å². The number of H-pyrrole nitrogens is 1. The number of oxazole rings is 1. The zero-order chi connectivity index (χ0) is 27.8. The van der Waals surface area contributed by atoms with Crippen molar-refractivity contribution in [3.05, 3.63) is 53.4 Å². The highest BCUT2D eigenvalue weighted by molar-refractivity contribution is 5.98. The molecule has 39 heavy (non-hydrogen) atoms. The fraction of sp³-hybridized carbons (Fsp3) is 0.533. The van der Waals surface area contributed by atoms with E-state index in [0.717, 1.165) is 35.7 Å². The molecule has 4 N–H and O–H groups in total. The van der Waals surface area contributed by atoms with Gasteiger partial charge in [-0.15, -0.1) is 0 Å². The van der Waals surface area contributed by atoms with Gasteiger partial charge in [-0.3, -0.25) is 14.5 Å². The molecule has 0 aliphatic heterocycles. The van der Waals surface area contributed by atoms with Gasteiger partial charge in [0.2, 0.25) is 17.7 Å². The Morgan fingerprint density at radius 1 is 1.21 bits per heavy atom. The minimum atomic E-state index is -1.23. The summed E-state index contributed by atoms with van der Waals surface area (Å²) in [6.45, 7) is 5.49. The molecule has 208 valence electrons. The van der Waals surface area contributed by atoms with Gasteiger partial charge < -0.3 is 20.2 Å². The first-order valence-corrected chi connectivity index (χ1v) is 14.0. The second-order valence-corrected chi connectivity index (χ2v) is 11.8. The molecule has 2 aliphatic carbocycles. The van der Waals surface area contributed by atoms with Gasteiger partial charge in [-0.1, -0.05) is 38.5 Å². The molecule has 5 atom stereocenters. The van der Waals surface area contributed by atoms with Crippen molar-refractivity contribution in [1.29, 1.82) is 0 Å². The summed E-state index contributed by atoms with van der Waals surface area (Å²) in [5.41, 5.74) is 7.95. The van der Waals surface area contributed by atoms with Gasteiger partial charge in [0.05, 0.1) is 6.04 Å². The van der Waals surface area contributed by atoms with Gasteiger partial charge in [0, 0.05) is 29.9 Å². The maximum absolute atomic E-state index is 14.1. The predicted molar refractivity (Wildman–Crippen MR) is 146 cm³/mol. The SMILES string of the molecule is Cc1oc([C@@H](Cc2c[nH]c3ccccc23)N(C(=O)CC2CC3CCC2C3)C(=O)[C@@H](N)CC(C)C)nc1C(=O)O. The van der Waals surface area contributed by atoms with Crippen molar-refractivity contribution in [2.45, 2.75) is 77.8 Å². The number of aromatic nitrogens is 2. The zero-order valence-electron chi connectivity index (χ0n) is 22.9. The standard InChI is InChI=1S/C30H38N4O5/c1-16(2)10-23(31)29(36)34(26(35)14-20-12-18-8-9-19(20)11-18)25(28-33-27(30(37)38)17(3)39-28)13-21-15-32-24-7-5-4-6-22(21)24/h4-7,15-16,18-20,23,25,32H,8-14,31H2,1-3H3,(H,37,38)/t18?,19?,20?,23-,25+/m0/s1. The molecule has 5 rings (SSSR count). The number of aryl methyl sites for hydroxylation is 1. The fourth-order valence-corrected chi connectivity index (χ4v) is 6.74. The van der Waals surface area contributed by atoms with Crippen LogP contribution in [0.5, 0.6) is 0 Å². The number of aromatic amines is 1. The van der Waals surface area contributed by atoms with Crippen LogP contribution in [0.2, 0.25) is 0 Å². The van der Waals surface area contributed by atoms with Crippen molar-refractivity contribution in [2.24, 2.45) is 29.4 Å². The lowest BCUT2D eigenvalue weighted by Crippen LogP contribution is -2.50. The number of hydrogen-bond donors (Lipinski definition) is 3. The van der Waals surface area contributed by atoms with Crippen LogP contribution in [0.15, 0.2) is 34.9 Å². The van der Waals surface area contributed by atoms with Crippen LogP contribution < -0.4 is 5.73 Å². The molecule has 2 aromatic heterocycles. The number of nitrogens with zero attached hydrogens (tertiary/aromatic N) is 2. The molecule has 3 aromatic rings. The summed E-state index contributed by atoms with van der Waals surface area (Å²) in [7, 11) is 0. The van der Waals surface area contributed by atoms with Crippen molar-refractivity contribution < 1.29 is 23.9 Å². The molecule has 2 saturated carbocycles. The summed E-state index contributed by atoms with van der Waals surface area (Å²) >= 11 is 0. The zero-order valence-corrected chi connectivity index (χ0v) is 22.9. The second kappa shape index (κ2) is 11.0. The fourth-order valence-electron chi connectivity index (χ4n) is 6.74. The van der Waals surface area contributed by atoms with E-state index in [0.29, 0.717) is 18.3 Å². The van der Waals surface area contributed by atoms with Crippen molar-refractivity contribution in [2.75, 3.05) is 0 Å². The third-order valence-corrected chi connectivity index (χ3v) is 8.57. The highest BCUT2D eigenvalue weighted by Crippen LogP contribution is 2.50. The Labute approximate surface area is 228 Å². The Morgan fingerprint density at radius 2 is 1.97 bits per heavy atom.